The number of nitrogens with one attached hydrogen (secondary N) is 1. The number of ether oxygens (including phenoxy) is 1. The van der Waals surface area contributed by atoms with Crippen LogP contribution in [0, 0.1) is 0 Å². The Hall–Kier alpha value is -0.880. The number of rotatable bonds is 7. The molecule has 0 spiro atoms. The zero-order valence-electron chi connectivity index (χ0n) is 10.5. The summed E-state index contributed by atoms with van der Waals surface area (Å²) in [6.45, 7) is 7.05. The summed E-state index contributed by atoms with van der Waals surface area (Å²) >= 11 is 3.46. The van der Waals surface area contributed by atoms with E-state index in [2.05, 4.69) is 31.2 Å². The first kappa shape index (κ1) is 14.2. The minimum Gasteiger partial charge on any atom is -0.380 e. The van der Waals surface area contributed by atoms with Crippen molar-refractivity contribution < 1.29 is 4.74 Å². The molecule has 1 N–H and O–H groups in total. The van der Waals surface area contributed by atoms with Gasteiger partial charge < -0.3 is 15.0 Å². The van der Waals surface area contributed by atoms with E-state index in [0.29, 0.717) is 12.6 Å². The van der Waals surface area contributed by atoms with Crippen LogP contribution in [0.1, 0.15) is 13.8 Å². The van der Waals surface area contributed by atoms with E-state index in [9.17, 15) is 0 Å². The Bertz CT molecular complexity index is 348. The van der Waals surface area contributed by atoms with Crippen molar-refractivity contribution in [3.05, 3.63) is 10.7 Å². The molecule has 0 atom stereocenters. The van der Waals surface area contributed by atoms with Crippen molar-refractivity contribution in [3.8, 4) is 0 Å². The first-order valence-electron chi connectivity index (χ1n) is 5.74. The monoisotopic (exact) mass is 302 g/mol. The molecule has 17 heavy (non-hydrogen) atoms. The van der Waals surface area contributed by atoms with E-state index in [4.69, 9.17) is 4.74 Å². The molecule has 96 valence electrons. The fourth-order valence-corrected chi connectivity index (χ4v) is 1.81. The van der Waals surface area contributed by atoms with Crippen LogP contribution in [-0.2, 0) is 4.74 Å². The summed E-state index contributed by atoms with van der Waals surface area (Å²) < 4.78 is 6.21. The average molecular weight is 303 g/mol. The highest BCUT2D eigenvalue weighted by molar-refractivity contribution is 9.10. The number of anilines is 2. The van der Waals surface area contributed by atoms with E-state index < -0.39 is 0 Å². The molecule has 1 rings (SSSR count). The van der Waals surface area contributed by atoms with Crippen molar-refractivity contribution in [2.75, 3.05) is 43.6 Å². The van der Waals surface area contributed by atoms with Gasteiger partial charge in [0.1, 0.15) is 5.82 Å². The van der Waals surface area contributed by atoms with E-state index in [1.807, 2.05) is 25.8 Å². The first-order chi connectivity index (χ1) is 8.19. The van der Waals surface area contributed by atoms with Crippen molar-refractivity contribution >= 4 is 27.7 Å². The number of likely N-dealkylation sites (N-methyl/N-ethyl adjacent to an activating group) is 1. The first-order valence-corrected chi connectivity index (χ1v) is 6.53. The van der Waals surface area contributed by atoms with Crippen molar-refractivity contribution in [1.29, 1.82) is 0 Å². The van der Waals surface area contributed by atoms with Crippen LogP contribution in [0.5, 0.6) is 0 Å². The lowest BCUT2D eigenvalue weighted by molar-refractivity contribution is 0.154. The maximum atomic E-state index is 5.33. The van der Waals surface area contributed by atoms with Crippen LogP contribution < -0.4 is 10.2 Å². The van der Waals surface area contributed by atoms with Gasteiger partial charge in [-0.2, -0.15) is 4.98 Å². The summed E-state index contributed by atoms with van der Waals surface area (Å²) in [6.07, 6.45) is 1.76. The van der Waals surface area contributed by atoms with Gasteiger partial charge in [-0.05, 0) is 29.8 Å². The van der Waals surface area contributed by atoms with Crippen LogP contribution in [0.2, 0.25) is 0 Å². The van der Waals surface area contributed by atoms with Crippen LogP contribution in [0.15, 0.2) is 10.7 Å². The molecule has 0 unspecified atom stereocenters. The number of aromatic nitrogens is 2. The Morgan fingerprint density at radius 1 is 1.47 bits per heavy atom. The third kappa shape index (κ3) is 4.47. The van der Waals surface area contributed by atoms with Gasteiger partial charge in [0, 0.05) is 32.9 Å². The molecule has 0 amide bonds. The molecule has 0 radical (unpaired) electrons. The van der Waals surface area contributed by atoms with Crippen LogP contribution in [-0.4, -0.2) is 43.3 Å². The molecule has 1 heterocycles. The van der Waals surface area contributed by atoms with E-state index in [0.717, 1.165) is 30.0 Å². The van der Waals surface area contributed by atoms with Crippen LogP contribution in [0.4, 0.5) is 11.8 Å². The minimum absolute atomic E-state index is 0.647. The molecule has 0 aliphatic heterocycles. The van der Waals surface area contributed by atoms with Gasteiger partial charge >= 0.3 is 0 Å². The van der Waals surface area contributed by atoms with Crippen LogP contribution in [0.3, 0.4) is 0 Å². The molecule has 0 aliphatic carbocycles. The van der Waals surface area contributed by atoms with Crippen LogP contribution in [0.25, 0.3) is 0 Å². The molecule has 0 bridgehead atoms. The van der Waals surface area contributed by atoms with Gasteiger partial charge in [-0.3, -0.25) is 0 Å². The second-order valence-electron chi connectivity index (χ2n) is 3.51. The minimum atomic E-state index is 0.647. The fraction of sp³-hybridized carbons (Fsp3) is 0.636. The summed E-state index contributed by atoms with van der Waals surface area (Å²) in [4.78, 5) is 10.7. The summed E-state index contributed by atoms with van der Waals surface area (Å²) in [6, 6.07) is 0. The third-order valence-corrected chi connectivity index (χ3v) is 2.76. The van der Waals surface area contributed by atoms with Gasteiger partial charge in [0.2, 0.25) is 5.95 Å². The third-order valence-electron chi connectivity index (χ3n) is 2.20. The summed E-state index contributed by atoms with van der Waals surface area (Å²) in [5.74, 6) is 1.52. The highest BCUT2D eigenvalue weighted by Gasteiger charge is 2.09. The number of halogens is 1. The van der Waals surface area contributed by atoms with E-state index in [1.54, 1.807) is 6.20 Å². The Morgan fingerprint density at radius 3 is 2.88 bits per heavy atom. The van der Waals surface area contributed by atoms with Gasteiger partial charge in [-0.1, -0.05) is 0 Å². The van der Waals surface area contributed by atoms with Gasteiger partial charge in [-0.15, -0.1) is 0 Å². The zero-order chi connectivity index (χ0) is 12.7. The summed E-state index contributed by atoms with van der Waals surface area (Å²) in [5, 5.41) is 3.10. The second-order valence-corrected chi connectivity index (χ2v) is 4.37. The predicted octanol–water partition coefficient (Wildman–Crippen LogP) is 2.14. The maximum Gasteiger partial charge on any atom is 0.224 e. The van der Waals surface area contributed by atoms with Gasteiger partial charge in [0.15, 0.2) is 0 Å². The molecule has 0 aliphatic rings. The van der Waals surface area contributed by atoms with Crippen molar-refractivity contribution in [2.24, 2.45) is 0 Å². The average Bonchev–Trinajstić information content (AvgIpc) is 2.32. The molecule has 0 aromatic carbocycles. The standard InChI is InChI=1S/C11H19BrN4O/c1-4-13-11-14-8-9(12)10(15-11)16(3)6-7-17-5-2/h8H,4-7H2,1-3H3,(H,13,14,15). The van der Waals surface area contributed by atoms with E-state index >= 15 is 0 Å². The lowest BCUT2D eigenvalue weighted by Crippen LogP contribution is -2.24. The van der Waals surface area contributed by atoms with Crippen LogP contribution >= 0.6 is 15.9 Å². The molecule has 5 nitrogen and oxygen atoms in total. The molecule has 0 saturated heterocycles. The Morgan fingerprint density at radius 2 is 2.24 bits per heavy atom. The number of hydrogen-bond donors (Lipinski definition) is 1. The number of hydrogen-bond acceptors (Lipinski definition) is 5. The molecule has 0 fully saturated rings. The Balaban J connectivity index is 2.69. The lowest BCUT2D eigenvalue weighted by Gasteiger charge is -2.19. The topological polar surface area (TPSA) is 50.3 Å². The highest BCUT2D eigenvalue weighted by Crippen LogP contribution is 2.22. The normalized spacial score (nSPS) is 10.4. The largest absolute Gasteiger partial charge is 0.380 e. The second kappa shape index (κ2) is 7.45. The smallest absolute Gasteiger partial charge is 0.224 e. The van der Waals surface area contributed by atoms with Crippen molar-refractivity contribution in [1.82, 2.24) is 9.97 Å². The molecular formula is C11H19BrN4O. The van der Waals surface area contributed by atoms with E-state index in [1.165, 1.54) is 0 Å². The van der Waals surface area contributed by atoms with E-state index in [-0.39, 0.29) is 0 Å². The fourth-order valence-electron chi connectivity index (χ4n) is 1.32. The Kier molecular flexibility index (Phi) is 6.21. The number of nitrogens with zero attached hydrogens (tertiary/aromatic N) is 3. The van der Waals surface area contributed by atoms with Crippen molar-refractivity contribution in [2.45, 2.75) is 13.8 Å². The van der Waals surface area contributed by atoms with Gasteiger partial charge in [-0.25, -0.2) is 4.98 Å². The highest BCUT2D eigenvalue weighted by atomic mass is 79.9. The quantitative estimate of drug-likeness (QED) is 0.782. The molecule has 1 aromatic heterocycles. The zero-order valence-corrected chi connectivity index (χ0v) is 12.1. The predicted molar refractivity (Wildman–Crippen MR) is 73.7 cm³/mol. The maximum absolute atomic E-state index is 5.33. The Labute approximate surface area is 111 Å². The molecule has 1 aromatic rings. The summed E-state index contributed by atoms with van der Waals surface area (Å²) in [5.41, 5.74) is 0. The SMILES string of the molecule is CCNc1ncc(Br)c(N(C)CCOCC)n1. The lowest BCUT2D eigenvalue weighted by atomic mass is 10.5. The molecule has 6 heteroatoms. The van der Waals surface area contributed by atoms with Gasteiger partial charge in [0.25, 0.3) is 0 Å². The molecular weight excluding hydrogens is 284 g/mol. The molecule has 0 saturated carbocycles. The summed E-state index contributed by atoms with van der Waals surface area (Å²) in [7, 11) is 1.99. The van der Waals surface area contributed by atoms with Crippen molar-refractivity contribution in [3.63, 3.8) is 0 Å². The van der Waals surface area contributed by atoms with Gasteiger partial charge in [0.05, 0.1) is 11.1 Å².